The molecule has 0 saturated heterocycles. The van der Waals surface area contributed by atoms with E-state index in [0.717, 1.165) is 4.31 Å². The smallest absolute Gasteiger partial charge is 0.262 e. The highest BCUT2D eigenvalue weighted by Gasteiger charge is 2.21. The maximum absolute atomic E-state index is 11.3. The second kappa shape index (κ2) is 2.83. The number of H-pyrrole nitrogens is 1. The normalized spacial score (nSPS) is 12.3. The van der Waals surface area contributed by atoms with Crippen molar-refractivity contribution >= 4 is 10.0 Å². The first-order valence-electron chi connectivity index (χ1n) is 3.26. The summed E-state index contributed by atoms with van der Waals surface area (Å²) in [5, 5.41) is 5.82. The topological polar surface area (TPSA) is 79.0 Å². The molecule has 0 bridgehead atoms. The first-order chi connectivity index (χ1) is 5.44. The van der Waals surface area contributed by atoms with E-state index >= 15 is 0 Å². The SMILES string of the molecule is Cc1nc(S(=O)(=O)N(C)C)n[nH]1. The van der Waals surface area contributed by atoms with Gasteiger partial charge >= 0.3 is 0 Å². The number of aromatic amines is 1. The molecule has 0 aliphatic heterocycles. The van der Waals surface area contributed by atoms with E-state index < -0.39 is 10.0 Å². The Bertz CT molecular complexity index is 367. The van der Waals surface area contributed by atoms with Crippen LogP contribution in [-0.4, -0.2) is 42.0 Å². The van der Waals surface area contributed by atoms with E-state index in [0.29, 0.717) is 5.82 Å². The Kier molecular flexibility index (Phi) is 2.16. The van der Waals surface area contributed by atoms with Crippen LogP contribution in [0.5, 0.6) is 0 Å². The maximum atomic E-state index is 11.3. The molecule has 0 amide bonds. The van der Waals surface area contributed by atoms with Crippen molar-refractivity contribution in [2.75, 3.05) is 14.1 Å². The first kappa shape index (κ1) is 9.14. The van der Waals surface area contributed by atoms with Crippen LogP contribution in [0.1, 0.15) is 5.82 Å². The molecule has 1 N–H and O–H groups in total. The fourth-order valence-corrected chi connectivity index (χ4v) is 1.34. The lowest BCUT2D eigenvalue weighted by atomic mass is 10.8. The molecule has 1 aromatic rings. The maximum Gasteiger partial charge on any atom is 0.282 e. The second-order valence-electron chi connectivity index (χ2n) is 2.49. The molecule has 0 atom stereocenters. The Morgan fingerprint density at radius 3 is 2.33 bits per heavy atom. The predicted octanol–water partition coefficient (Wildman–Crippen LogP) is -0.637. The van der Waals surface area contributed by atoms with E-state index in [9.17, 15) is 8.42 Å². The summed E-state index contributed by atoms with van der Waals surface area (Å²) in [5.74, 6) is 0.482. The number of hydrogen-bond donors (Lipinski definition) is 1. The number of nitrogens with zero attached hydrogens (tertiary/aromatic N) is 3. The summed E-state index contributed by atoms with van der Waals surface area (Å²) < 4.78 is 23.7. The minimum Gasteiger partial charge on any atom is -0.262 e. The molecule has 0 unspecified atom stereocenters. The largest absolute Gasteiger partial charge is 0.282 e. The van der Waals surface area contributed by atoms with Crippen molar-refractivity contribution in [3.63, 3.8) is 0 Å². The lowest BCUT2D eigenvalue weighted by molar-refractivity contribution is 0.512. The quantitative estimate of drug-likeness (QED) is 0.673. The molecular formula is C5H10N4O2S. The number of hydrogen-bond acceptors (Lipinski definition) is 4. The van der Waals surface area contributed by atoms with Crippen molar-refractivity contribution in [3.05, 3.63) is 5.82 Å². The van der Waals surface area contributed by atoms with Gasteiger partial charge in [-0.05, 0) is 6.92 Å². The zero-order chi connectivity index (χ0) is 9.35. The highest BCUT2D eigenvalue weighted by atomic mass is 32.2. The van der Waals surface area contributed by atoms with Gasteiger partial charge in [-0.15, -0.1) is 5.10 Å². The minimum atomic E-state index is -3.48. The van der Waals surface area contributed by atoms with Gasteiger partial charge in [0.05, 0.1) is 0 Å². The summed E-state index contributed by atoms with van der Waals surface area (Å²) >= 11 is 0. The summed E-state index contributed by atoms with van der Waals surface area (Å²) in [6.45, 7) is 1.64. The van der Waals surface area contributed by atoms with Crippen LogP contribution in [-0.2, 0) is 10.0 Å². The highest BCUT2D eigenvalue weighted by molar-refractivity contribution is 7.88. The molecular weight excluding hydrogens is 180 g/mol. The minimum absolute atomic E-state index is 0.190. The molecule has 0 radical (unpaired) electrons. The molecule has 1 rings (SSSR count). The lowest BCUT2D eigenvalue weighted by Gasteiger charge is -2.05. The van der Waals surface area contributed by atoms with E-state index in [1.54, 1.807) is 6.92 Å². The molecule has 0 aliphatic carbocycles. The van der Waals surface area contributed by atoms with Crippen LogP contribution in [0.2, 0.25) is 0 Å². The summed E-state index contributed by atoms with van der Waals surface area (Å²) in [6.07, 6.45) is 0. The zero-order valence-corrected chi connectivity index (χ0v) is 7.88. The van der Waals surface area contributed by atoms with Crippen molar-refractivity contribution in [2.24, 2.45) is 0 Å². The van der Waals surface area contributed by atoms with Crippen LogP contribution in [0.4, 0.5) is 0 Å². The lowest BCUT2D eigenvalue weighted by Crippen LogP contribution is -2.23. The van der Waals surface area contributed by atoms with Crippen molar-refractivity contribution in [1.82, 2.24) is 19.5 Å². The summed E-state index contributed by atoms with van der Waals surface area (Å²) in [7, 11) is -0.613. The monoisotopic (exact) mass is 190 g/mol. The van der Waals surface area contributed by atoms with Gasteiger partial charge in [-0.1, -0.05) is 0 Å². The van der Waals surface area contributed by atoms with E-state index in [1.165, 1.54) is 14.1 Å². The standard InChI is InChI=1S/C5H10N4O2S/c1-4-6-5(8-7-4)12(10,11)9(2)3/h1-3H3,(H,6,7,8). The van der Waals surface area contributed by atoms with E-state index in [1.807, 2.05) is 0 Å². The van der Waals surface area contributed by atoms with E-state index in [2.05, 4.69) is 15.2 Å². The Morgan fingerprint density at radius 2 is 2.00 bits per heavy atom. The van der Waals surface area contributed by atoms with Gasteiger partial charge in [0, 0.05) is 14.1 Å². The van der Waals surface area contributed by atoms with Gasteiger partial charge in [-0.2, -0.15) is 0 Å². The Balaban J connectivity index is 3.15. The van der Waals surface area contributed by atoms with Gasteiger partial charge in [-0.25, -0.2) is 17.7 Å². The molecule has 6 nitrogen and oxygen atoms in total. The number of rotatable bonds is 2. The van der Waals surface area contributed by atoms with E-state index in [4.69, 9.17) is 0 Å². The first-order valence-corrected chi connectivity index (χ1v) is 4.70. The summed E-state index contributed by atoms with van der Waals surface area (Å²) in [6, 6.07) is 0. The van der Waals surface area contributed by atoms with Crippen LogP contribution < -0.4 is 0 Å². The van der Waals surface area contributed by atoms with Gasteiger partial charge in [0.25, 0.3) is 15.2 Å². The van der Waals surface area contributed by atoms with Gasteiger partial charge in [0.2, 0.25) is 0 Å². The second-order valence-corrected chi connectivity index (χ2v) is 4.54. The van der Waals surface area contributed by atoms with Crippen LogP contribution in [0, 0.1) is 6.92 Å². The van der Waals surface area contributed by atoms with Crippen LogP contribution in [0.15, 0.2) is 5.16 Å². The third kappa shape index (κ3) is 1.46. The number of aromatic nitrogens is 3. The van der Waals surface area contributed by atoms with Crippen LogP contribution >= 0.6 is 0 Å². The Morgan fingerprint density at radius 1 is 1.42 bits per heavy atom. The van der Waals surface area contributed by atoms with Crippen molar-refractivity contribution in [2.45, 2.75) is 12.1 Å². The summed E-state index contributed by atoms with van der Waals surface area (Å²) in [5.41, 5.74) is 0. The molecule has 7 heteroatoms. The number of aryl methyl sites for hydroxylation is 1. The van der Waals surface area contributed by atoms with Gasteiger partial charge in [0.1, 0.15) is 5.82 Å². The van der Waals surface area contributed by atoms with Crippen molar-refractivity contribution in [1.29, 1.82) is 0 Å². The highest BCUT2D eigenvalue weighted by Crippen LogP contribution is 2.05. The van der Waals surface area contributed by atoms with Crippen LogP contribution in [0.25, 0.3) is 0 Å². The average molecular weight is 190 g/mol. The van der Waals surface area contributed by atoms with Gasteiger partial charge in [0.15, 0.2) is 0 Å². The predicted molar refractivity (Wildman–Crippen MR) is 42.0 cm³/mol. The number of nitrogens with one attached hydrogen (secondary N) is 1. The molecule has 0 saturated carbocycles. The van der Waals surface area contributed by atoms with E-state index in [-0.39, 0.29) is 5.16 Å². The molecule has 1 heterocycles. The molecule has 0 aromatic carbocycles. The van der Waals surface area contributed by atoms with Gasteiger partial charge < -0.3 is 0 Å². The molecule has 0 aliphatic rings. The number of sulfonamides is 1. The third-order valence-corrected chi connectivity index (χ3v) is 2.89. The Hall–Kier alpha value is -0.950. The van der Waals surface area contributed by atoms with Gasteiger partial charge in [-0.3, -0.25) is 5.10 Å². The molecule has 12 heavy (non-hydrogen) atoms. The molecule has 1 aromatic heterocycles. The van der Waals surface area contributed by atoms with Crippen molar-refractivity contribution in [3.8, 4) is 0 Å². The fraction of sp³-hybridized carbons (Fsp3) is 0.600. The fourth-order valence-electron chi connectivity index (χ4n) is 0.601. The molecule has 0 spiro atoms. The third-order valence-electron chi connectivity index (χ3n) is 1.29. The van der Waals surface area contributed by atoms with Crippen molar-refractivity contribution < 1.29 is 8.42 Å². The Labute approximate surface area is 70.7 Å². The zero-order valence-electron chi connectivity index (χ0n) is 7.07. The average Bonchev–Trinajstić information content (AvgIpc) is 2.35. The molecule has 0 fully saturated rings. The van der Waals surface area contributed by atoms with Crippen LogP contribution in [0.3, 0.4) is 0 Å². The summed E-state index contributed by atoms with van der Waals surface area (Å²) in [4.78, 5) is 3.71. The molecule has 68 valence electrons.